The molecule has 1 atom stereocenters. The summed E-state index contributed by atoms with van der Waals surface area (Å²) in [5, 5.41) is 1.99. The van der Waals surface area contributed by atoms with E-state index in [0.29, 0.717) is 12.4 Å². The molecule has 0 aliphatic heterocycles. The molecule has 2 aromatic heterocycles. The molecule has 0 radical (unpaired) electrons. The van der Waals surface area contributed by atoms with Crippen LogP contribution in [0.4, 0.5) is 0 Å². The lowest BCUT2D eigenvalue weighted by Crippen LogP contribution is -2.17. The van der Waals surface area contributed by atoms with Crippen LogP contribution in [0.15, 0.2) is 40.5 Å². The molecule has 5 nitrogen and oxygen atoms in total. The van der Waals surface area contributed by atoms with Crippen LogP contribution in [0.1, 0.15) is 10.9 Å². The van der Waals surface area contributed by atoms with Gasteiger partial charge in [-0.1, -0.05) is 6.07 Å². The minimum atomic E-state index is -0.220. The topological polar surface area (TPSA) is 83.9 Å². The number of hydrogen-bond donors (Lipinski definition) is 3. The summed E-state index contributed by atoms with van der Waals surface area (Å²) in [4.78, 5) is 17.6. The Morgan fingerprint density at radius 3 is 2.89 bits per heavy atom. The highest BCUT2D eigenvalue weighted by Crippen LogP contribution is 2.20. The van der Waals surface area contributed by atoms with Gasteiger partial charge in [0, 0.05) is 10.9 Å². The van der Waals surface area contributed by atoms with E-state index in [9.17, 15) is 4.79 Å². The summed E-state index contributed by atoms with van der Waals surface area (Å²) in [6, 6.07) is 9.23. The highest BCUT2D eigenvalue weighted by molar-refractivity contribution is 7.10. The monoisotopic (exact) mass is 275 g/mol. The zero-order valence-electron chi connectivity index (χ0n) is 10.1. The fourth-order valence-corrected chi connectivity index (χ4v) is 2.59. The summed E-state index contributed by atoms with van der Waals surface area (Å²) in [5.41, 5.74) is 7.30. The first-order chi connectivity index (χ1) is 9.22. The third-order valence-electron chi connectivity index (χ3n) is 2.83. The Labute approximate surface area is 113 Å². The zero-order valence-corrected chi connectivity index (χ0v) is 10.9. The van der Waals surface area contributed by atoms with Crippen molar-refractivity contribution < 1.29 is 4.74 Å². The van der Waals surface area contributed by atoms with Gasteiger partial charge in [-0.2, -0.15) is 0 Å². The molecule has 19 heavy (non-hydrogen) atoms. The van der Waals surface area contributed by atoms with E-state index in [1.165, 1.54) is 0 Å². The molecule has 3 rings (SSSR count). The van der Waals surface area contributed by atoms with Gasteiger partial charge in [0.1, 0.15) is 12.4 Å². The quantitative estimate of drug-likeness (QED) is 0.681. The van der Waals surface area contributed by atoms with Crippen LogP contribution in [0.25, 0.3) is 11.0 Å². The Bertz CT molecular complexity index is 730. The first-order valence-corrected chi connectivity index (χ1v) is 6.74. The number of H-pyrrole nitrogens is 2. The van der Waals surface area contributed by atoms with Crippen LogP contribution in [-0.4, -0.2) is 16.6 Å². The van der Waals surface area contributed by atoms with Gasteiger partial charge in [-0.3, -0.25) is 0 Å². The number of hydrogen-bond acceptors (Lipinski definition) is 4. The molecule has 0 aliphatic rings. The average molecular weight is 275 g/mol. The molecular weight excluding hydrogens is 262 g/mol. The molecule has 1 aromatic carbocycles. The number of imidazole rings is 1. The summed E-state index contributed by atoms with van der Waals surface area (Å²) < 4.78 is 5.65. The van der Waals surface area contributed by atoms with Crippen molar-refractivity contribution in [2.75, 3.05) is 6.61 Å². The number of aromatic nitrogens is 2. The molecule has 0 spiro atoms. The molecule has 0 saturated heterocycles. The second kappa shape index (κ2) is 4.91. The number of rotatable bonds is 4. The zero-order chi connectivity index (χ0) is 13.2. The van der Waals surface area contributed by atoms with Crippen molar-refractivity contribution in [2.24, 2.45) is 5.73 Å². The Morgan fingerprint density at radius 1 is 1.26 bits per heavy atom. The van der Waals surface area contributed by atoms with Gasteiger partial charge in [0.05, 0.1) is 17.1 Å². The van der Waals surface area contributed by atoms with Crippen LogP contribution in [0.3, 0.4) is 0 Å². The standard InChI is InChI=1S/C13H13N3O2S/c14-9(12-2-1-5-19-12)7-18-8-3-4-10-11(6-8)16-13(17)15-10/h1-6,9H,7,14H2,(H2,15,16,17). The number of nitrogens with two attached hydrogens (primary N) is 1. The van der Waals surface area contributed by atoms with E-state index < -0.39 is 0 Å². The highest BCUT2D eigenvalue weighted by Gasteiger charge is 2.08. The Balaban J connectivity index is 1.73. The number of ether oxygens (including phenoxy) is 1. The smallest absolute Gasteiger partial charge is 0.323 e. The van der Waals surface area contributed by atoms with E-state index in [1.807, 2.05) is 23.6 Å². The van der Waals surface area contributed by atoms with Crippen LogP contribution in [0.5, 0.6) is 5.75 Å². The lowest BCUT2D eigenvalue weighted by molar-refractivity contribution is 0.292. The first kappa shape index (κ1) is 12.0. The van der Waals surface area contributed by atoms with Gasteiger partial charge in [-0.05, 0) is 23.6 Å². The molecule has 0 aliphatic carbocycles. The van der Waals surface area contributed by atoms with Crippen LogP contribution in [-0.2, 0) is 0 Å². The maximum atomic E-state index is 11.2. The predicted molar refractivity (Wildman–Crippen MR) is 75.7 cm³/mol. The van der Waals surface area contributed by atoms with Gasteiger partial charge in [-0.15, -0.1) is 11.3 Å². The molecule has 3 aromatic rings. The van der Waals surface area contributed by atoms with Gasteiger partial charge < -0.3 is 20.4 Å². The SMILES string of the molecule is NC(COc1ccc2[nH]c(=O)[nH]c2c1)c1cccs1. The average Bonchev–Trinajstić information content (AvgIpc) is 3.03. The highest BCUT2D eigenvalue weighted by atomic mass is 32.1. The van der Waals surface area contributed by atoms with Gasteiger partial charge >= 0.3 is 5.69 Å². The molecule has 98 valence electrons. The summed E-state index contributed by atoms with van der Waals surface area (Å²) in [7, 11) is 0. The van der Waals surface area contributed by atoms with Gasteiger partial charge in [0.2, 0.25) is 0 Å². The lowest BCUT2D eigenvalue weighted by atomic mass is 10.2. The van der Waals surface area contributed by atoms with E-state index in [2.05, 4.69) is 9.97 Å². The number of benzene rings is 1. The van der Waals surface area contributed by atoms with Gasteiger partial charge in [0.25, 0.3) is 0 Å². The van der Waals surface area contributed by atoms with Crippen molar-refractivity contribution in [2.45, 2.75) is 6.04 Å². The van der Waals surface area contributed by atoms with E-state index in [0.717, 1.165) is 15.9 Å². The molecule has 0 bridgehead atoms. The predicted octanol–water partition coefficient (Wildman–Crippen LogP) is 2.00. The van der Waals surface area contributed by atoms with Crippen LogP contribution >= 0.6 is 11.3 Å². The van der Waals surface area contributed by atoms with Crippen LogP contribution in [0.2, 0.25) is 0 Å². The van der Waals surface area contributed by atoms with E-state index in [-0.39, 0.29) is 11.7 Å². The number of aromatic amines is 2. The molecule has 0 amide bonds. The van der Waals surface area contributed by atoms with Crippen molar-refractivity contribution in [1.29, 1.82) is 0 Å². The molecule has 6 heteroatoms. The summed E-state index contributed by atoms with van der Waals surface area (Å²) in [6.07, 6.45) is 0. The normalized spacial score (nSPS) is 12.7. The molecular formula is C13H13N3O2S. The van der Waals surface area contributed by atoms with E-state index in [4.69, 9.17) is 10.5 Å². The van der Waals surface area contributed by atoms with Crippen LogP contribution in [0, 0.1) is 0 Å². The molecule has 0 saturated carbocycles. The first-order valence-electron chi connectivity index (χ1n) is 5.86. The van der Waals surface area contributed by atoms with Crippen molar-refractivity contribution in [3.05, 3.63) is 51.1 Å². The number of nitrogens with one attached hydrogen (secondary N) is 2. The van der Waals surface area contributed by atoms with E-state index >= 15 is 0 Å². The van der Waals surface area contributed by atoms with Gasteiger partial charge in [-0.25, -0.2) is 4.79 Å². The summed E-state index contributed by atoms with van der Waals surface area (Å²) >= 11 is 1.61. The lowest BCUT2D eigenvalue weighted by Gasteiger charge is -2.11. The van der Waals surface area contributed by atoms with Crippen molar-refractivity contribution in [3.63, 3.8) is 0 Å². The third kappa shape index (κ3) is 2.54. The number of fused-ring (bicyclic) bond motifs is 1. The van der Waals surface area contributed by atoms with Crippen molar-refractivity contribution >= 4 is 22.4 Å². The minimum absolute atomic E-state index is 0.138. The van der Waals surface area contributed by atoms with Crippen LogP contribution < -0.4 is 16.2 Å². The molecule has 2 heterocycles. The largest absolute Gasteiger partial charge is 0.492 e. The molecule has 1 unspecified atom stereocenters. The number of thiophene rings is 1. The molecule has 4 N–H and O–H groups in total. The summed E-state index contributed by atoms with van der Waals surface area (Å²) in [5.74, 6) is 0.690. The summed E-state index contributed by atoms with van der Waals surface area (Å²) in [6.45, 7) is 0.403. The maximum Gasteiger partial charge on any atom is 0.323 e. The minimum Gasteiger partial charge on any atom is -0.492 e. The third-order valence-corrected chi connectivity index (χ3v) is 3.83. The second-order valence-electron chi connectivity index (χ2n) is 4.22. The Hall–Kier alpha value is -2.05. The van der Waals surface area contributed by atoms with Crippen molar-refractivity contribution in [1.82, 2.24) is 9.97 Å². The fourth-order valence-electron chi connectivity index (χ4n) is 1.87. The Morgan fingerprint density at radius 2 is 2.11 bits per heavy atom. The Kier molecular flexibility index (Phi) is 3.10. The second-order valence-corrected chi connectivity index (χ2v) is 5.20. The van der Waals surface area contributed by atoms with Gasteiger partial charge in [0.15, 0.2) is 0 Å². The molecule has 0 fully saturated rings. The fraction of sp³-hybridized carbons (Fsp3) is 0.154. The van der Waals surface area contributed by atoms with Crippen molar-refractivity contribution in [3.8, 4) is 5.75 Å². The maximum absolute atomic E-state index is 11.2. The van der Waals surface area contributed by atoms with E-state index in [1.54, 1.807) is 23.5 Å².